The Morgan fingerprint density at radius 2 is 2.12 bits per heavy atom. The van der Waals surface area contributed by atoms with E-state index in [1.165, 1.54) is 0 Å². The molecule has 0 aromatic carbocycles. The van der Waals surface area contributed by atoms with Gasteiger partial charge in [-0.3, -0.25) is 9.35 Å². The molecule has 0 bridgehead atoms. The van der Waals surface area contributed by atoms with Gasteiger partial charge in [-0.05, 0) is 5.53 Å². The summed E-state index contributed by atoms with van der Waals surface area (Å²) in [6.07, 6.45) is 0. The quantitative estimate of drug-likeness (QED) is 0.205. The van der Waals surface area contributed by atoms with Crippen LogP contribution in [0.25, 0.3) is 10.4 Å². The minimum atomic E-state index is -4.76. The molecule has 0 aliphatic carbocycles. The first-order valence-corrected chi connectivity index (χ1v) is 5.53. The van der Waals surface area contributed by atoms with E-state index in [1.807, 2.05) is 0 Å². The zero-order chi connectivity index (χ0) is 13.5. The lowest BCUT2D eigenvalue weighted by atomic mass is 10.1. The zero-order valence-corrected chi connectivity index (χ0v) is 9.62. The lowest BCUT2D eigenvalue weighted by Crippen LogP contribution is -2.43. The molecule has 0 radical (unpaired) electrons. The molecule has 0 saturated carbocycles. The Morgan fingerprint density at radius 1 is 1.53 bits per heavy atom. The largest absolute Gasteiger partial charge is 0.463 e. The average Bonchev–Trinajstić information content (AvgIpc) is 2.20. The van der Waals surface area contributed by atoms with Gasteiger partial charge in [0.15, 0.2) is 0 Å². The second-order valence-electron chi connectivity index (χ2n) is 3.08. The fourth-order valence-electron chi connectivity index (χ4n) is 0.716. The highest BCUT2D eigenvalue weighted by Gasteiger charge is 2.30. The normalized spacial score (nSPS) is 14.5. The Kier molecular flexibility index (Phi) is 5.85. The number of aliphatic hydroxyl groups is 1. The summed E-state index contributed by atoms with van der Waals surface area (Å²) in [5.41, 5.74) is 6.03. The Bertz CT molecular complexity index is 415. The summed E-state index contributed by atoms with van der Waals surface area (Å²) in [7, 11) is -4.76. The Labute approximate surface area is 96.7 Å². The molecule has 11 heteroatoms. The lowest BCUT2D eigenvalue weighted by molar-refractivity contribution is -0.150. The van der Waals surface area contributed by atoms with Crippen molar-refractivity contribution in [3.63, 3.8) is 0 Å². The first kappa shape index (κ1) is 15.6. The van der Waals surface area contributed by atoms with Gasteiger partial charge in [0.25, 0.3) is 0 Å². The number of carbonyl (C=O) groups excluding carboxylic acids is 1. The van der Waals surface area contributed by atoms with E-state index in [4.69, 9.17) is 10.1 Å². The highest BCUT2D eigenvalue weighted by Crippen LogP contribution is 2.09. The smallest absolute Gasteiger partial charge is 0.397 e. The van der Waals surface area contributed by atoms with E-state index in [9.17, 15) is 18.3 Å². The van der Waals surface area contributed by atoms with Crippen molar-refractivity contribution in [1.82, 2.24) is 0 Å². The summed E-state index contributed by atoms with van der Waals surface area (Å²) in [6.45, 7) is -1.08. The average molecular weight is 269 g/mol. The third kappa shape index (κ3) is 8.42. The number of hydrogen-bond acceptors (Lipinski definition) is 7. The molecule has 0 aliphatic rings. The minimum Gasteiger partial charge on any atom is -0.463 e. The number of ether oxygens (including phenoxy) is 1. The fourth-order valence-corrected chi connectivity index (χ4v) is 1.08. The molecule has 0 fully saturated rings. The molecule has 1 unspecified atom stereocenters. The molecule has 0 aromatic heterocycles. The lowest BCUT2D eigenvalue weighted by Gasteiger charge is -2.24. The Morgan fingerprint density at radius 3 is 2.53 bits per heavy atom. The summed E-state index contributed by atoms with van der Waals surface area (Å²) in [6, 6.07) is 0. The van der Waals surface area contributed by atoms with Crippen LogP contribution in [0.5, 0.6) is 0 Å². The molecule has 1 atom stereocenters. The summed E-state index contributed by atoms with van der Waals surface area (Å²) in [5.74, 6) is -0.726. The van der Waals surface area contributed by atoms with Crippen molar-refractivity contribution in [2.24, 2.45) is 5.11 Å². The van der Waals surface area contributed by atoms with Crippen molar-refractivity contribution in [1.29, 1.82) is 0 Å². The van der Waals surface area contributed by atoms with Gasteiger partial charge in [0.2, 0.25) is 0 Å². The Balaban J connectivity index is 4.59. The Hall–Kier alpha value is -1.39. The van der Waals surface area contributed by atoms with Gasteiger partial charge in [-0.15, -0.1) is 0 Å². The van der Waals surface area contributed by atoms with Crippen molar-refractivity contribution < 1.29 is 31.8 Å². The number of carbonyl (C=O) groups is 1. The van der Waals surface area contributed by atoms with Crippen LogP contribution in [0.3, 0.4) is 0 Å². The van der Waals surface area contributed by atoms with E-state index in [1.54, 1.807) is 0 Å². The fraction of sp³-hybridized carbons (Fsp3) is 0.833. The molecule has 0 aromatic rings. The summed E-state index contributed by atoms with van der Waals surface area (Å²) in [4.78, 5) is 12.9. The van der Waals surface area contributed by atoms with Crippen molar-refractivity contribution in [2.45, 2.75) is 12.5 Å². The van der Waals surface area contributed by atoms with E-state index < -0.39 is 41.7 Å². The maximum absolute atomic E-state index is 10.5. The van der Waals surface area contributed by atoms with Crippen LogP contribution >= 0.6 is 0 Å². The van der Waals surface area contributed by atoms with E-state index in [-0.39, 0.29) is 0 Å². The standard InChI is InChI=1S/C6H11N3O7S/c1-5(10)15-3-6(11,2-8-9-7)4-16-17(12,13)14/h11H,2-4H2,1H3,(H,12,13,14). The minimum absolute atomic E-state index is 0.591. The summed E-state index contributed by atoms with van der Waals surface area (Å²) in [5, 5.41) is 12.7. The molecule has 0 saturated heterocycles. The molecule has 2 N–H and O–H groups in total. The molecule has 0 rings (SSSR count). The molecule has 10 nitrogen and oxygen atoms in total. The number of hydrogen-bond donors (Lipinski definition) is 2. The maximum Gasteiger partial charge on any atom is 0.397 e. The third-order valence-electron chi connectivity index (χ3n) is 1.45. The van der Waals surface area contributed by atoms with Crippen molar-refractivity contribution in [2.75, 3.05) is 19.8 Å². The first-order chi connectivity index (χ1) is 7.68. The zero-order valence-electron chi connectivity index (χ0n) is 8.81. The van der Waals surface area contributed by atoms with Gasteiger partial charge in [-0.1, -0.05) is 5.11 Å². The third-order valence-corrected chi connectivity index (χ3v) is 1.86. The van der Waals surface area contributed by atoms with Crippen LogP contribution in [-0.2, 0) is 24.1 Å². The van der Waals surface area contributed by atoms with Gasteiger partial charge in [0.1, 0.15) is 18.8 Å². The number of nitrogens with zero attached hydrogens (tertiary/aromatic N) is 3. The molecule has 0 heterocycles. The van der Waals surface area contributed by atoms with Crippen molar-refractivity contribution >= 4 is 16.4 Å². The van der Waals surface area contributed by atoms with Crippen molar-refractivity contribution in [3.8, 4) is 0 Å². The predicted molar refractivity (Wildman–Crippen MR) is 53.1 cm³/mol. The summed E-state index contributed by atoms with van der Waals surface area (Å²) >= 11 is 0. The van der Waals surface area contributed by atoms with Crippen LogP contribution in [0.2, 0.25) is 0 Å². The highest BCUT2D eigenvalue weighted by atomic mass is 32.3. The van der Waals surface area contributed by atoms with E-state index >= 15 is 0 Å². The molecular weight excluding hydrogens is 258 g/mol. The van der Waals surface area contributed by atoms with Crippen LogP contribution in [0.1, 0.15) is 6.92 Å². The van der Waals surface area contributed by atoms with Crippen LogP contribution < -0.4 is 0 Å². The number of azide groups is 1. The predicted octanol–water partition coefficient (Wildman–Crippen LogP) is -0.590. The van der Waals surface area contributed by atoms with E-state index in [0.717, 1.165) is 6.92 Å². The van der Waals surface area contributed by atoms with Crippen LogP contribution in [0.4, 0.5) is 0 Å². The van der Waals surface area contributed by atoms with Crippen LogP contribution in [0, 0.1) is 0 Å². The first-order valence-electron chi connectivity index (χ1n) is 4.17. The second-order valence-corrected chi connectivity index (χ2v) is 4.17. The molecule has 0 amide bonds. The van der Waals surface area contributed by atoms with Gasteiger partial charge < -0.3 is 9.84 Å². The topological polar surface area (TPSA) is 159 Å². The van der Waals surface area contributed by atoms with Crippen LogP contribution in [-0.4, -0.2) is 49.4 Å². The van der Waals surface area contributed by atoms with Gasteiger partial charge in [0, 0.05) is 11.8 Å². The SMILES string of the molecule is CC(=O)OCC(O)(CN=[N+]=[N-])COS(=O)(=O)O. The van der Waals surface area contributed by atoms with Gasteiger partial charge in [-0.25, -0.2) is 4.18 Å². The second kappa shape index (κ2) is 6.37. The van der Waals surface area contributed by atoms with Gasteiger partial charge >= 0.3 is 16.4 Å². The number of esters is 1. The van der Waals surface area contributed by atoms with Crippen LogP contribution in [0.15, 0.2) is 5.11 Å². The van der Waals surface area contributed by atoms with E-state index in [2.05, 4.69) is 18.9 Å². The van der Waals surface area contributed by atoms with Gasteiger partial charge in [-0.2, -0.15) is 8.42 Å². The van der Waals surface area contributed by atoms with Gasteiger partial charge in [0.05, 0.1) is 6.54 Å². The molecular formula is C6H11N3O7S. The van der Waals surface area contributed by atoms with E-state index in [0.29, 0.717) is 0 Å². The maximum atomic E-state index is 10.5. The van der Waals surface area contributed by atoms with Crippen molar-refractivity contribution in [3.05, 3.63) is 10.4 Å². The summed E-state index contributed by atoms with van der Waals surface area (Å²) < 4.78 is 37.3. The number of rotatable bonds is 7. The molecule has 17 heavy (non-hydrogen) atoms. The molecule has 0 spiro atoms. The monoisotopic (exact) mass is 269 g/mol. The molecule has 98 valence electrons. The molecule has 0 aliphatic heterocycles. The highest BCUT2D eigenvalue weighted by molar-refractivity contribution is 7.80.